The Morgan fingerprint density at radius 3 is 2.76 bits per heavy atom. The molecule has 0 aromatic carbocycles. The summed E-state index contributed by atoms with van der Waals surface area (Å²) in [7, 11) is -2.89. The highest BCUT2D eigenvalue weighted by molar-refractivity contribution is 7.92. The third-order valence-corrected chi connectivity index (χ3v) is 5.54. The van der Waals surface area contributed by atoms with Gasteiger partial charge >= 0.3 is 0 Å². The molecule has 5 heteroatoms. The minimum Gasteiger partial charge on any atom is -0.472 e. The van der Waals surface area contributed by atoms with Crippen LogP contribution in [0.2, 0.25) is 0 Å². The van der Waals surface area contributed by atoms with Gasteiger partial charge in [-0.05, 0) is 18.9 Å². The van der Waals surface area contributed by atoms with Crippen LogP contribution in [-0.4, -0.2) is 26.0 Å². The van der Waals surface area contributed by atoms with Crippen molar-refractivity contribution in [1.82, 2.24) is 5.32 Å². The molecule has 1 fully saturated rings. The van der Waals surface area contributed by atoms with E-state index in [2.05, 4.69) is 5.32 Å². The number of hydrogen-bond donors (Lipinski definition) is 1. The summed E-state index contributed by atoms with van der Waals surface area (Å²) in [4.78, 5) is 0. The molecule has 0 spiro atoms. The van der Waals surface area contributed by atoms with Crippen molar-refractivity contribution in [3.05, 3.63) is 24.2 Å². The van der Waals surface area contributed by atoms with E-state index in [1.807, 2.05) is 6.07 Å². The van der Waals surface area contributed by atoms with Gasteiger partial charge in [0.25, 0.3) is 0 Å². The maximum atomic E-state index is 11.9. The highest BCUT2D eigenvalue weighted by atomic mass is 32.2. The van der Waals surface area contributed by atoms with Crippen molar-refractivity contribution in [2.75, 3.05) is 12.3 Å². The van der Waals surface area contributed by atoms with E-state index in [0.29, 0.717) is 13.1 Å². The zero-order chi connectivity index (χ0) is 12.1. The fraction of sp³-hybridized carbons (Fsp3) is 0.667. The second kappa shape index (κ2) is 5.69. The summed E-state index contributed by atoms with van der Waals surface area (Å²) >= 11 is 0. The largest absolute Gasteiger partial charge is 0.472 e. The molecule has 0 saturated heterocycles. The molecule has 0 amide bonds. The molecule has 1 aromatic rings. The van der Waals surface area contributed by atoms with Gasteiger partial charge in [0.15, 0.2) is 9.84 Å². The Balaban J connectivity index is 1.70. The van der Waals surface area contributed by atoms with E-state index in [9.17, 15) is 8.42 Å². The lowest BCUT2D eigenvalue weighted by Gasteiger charge is -2.11. The van der Waals surface area contributed by atoms with E-state index < -0.39 is 9.84 Å². The number of nitrogens with one attached hydrogen (secondary N) is 1. The van der Waals surface area contributed by atoms with Crippen LogP contribution in [0.15, 0.2) is 23.0 Å². The molecule has 0 bridgehead atoms. The highest BCUT2D eigenvalue weighted by Crippen LogP contribution is 2.24. The summed E-state index contributed by atoms with van der Waals surface area (Å²) in [5, 5.41) is 3.04. The predicted octanol–water partition coefficient (Wildman–Crippen LogP) is 1.73. The molecule has 0 radical (unpaired) electrons. The minimum absolute atomic E-state index is 0.0850. The van der Waals surface area contributed by atoms with Crippen LogP contribution in [-0.2, 0) is 16.4 Å². The van der Waals surface area contributed by atoms with E-state index in [-0.39, 0.29) is 11.0 Å². The average molecular weight is 257 g/mol. The van der Waals surface area contributed by atoms with Gasteiger partial charge in [0, 0.05) is 18.7 Å². The van der Waals surface area contributed by atoms with Crippen LogP contribution in [0.25, 0.3) is 0 Å². The maximum Gasteiger partial charge on any atom is 0.154 e. The van der Waals surface area contributed by atoms with Gasteiger partial charge in [-0.15, -0.1) is 0 Å². The first-order valence-electron chi connectivity index (χ1n) is 6.12. The molecule has 1 aliphatic carbocycles. The fourth-order valence-corrected chi connectivity index (χ4v) is 4.07. The second-order valence-corrected chi connectivity index (χ2v) is 6.98. The molecule has 0 aliphatic heterocycles. The summed E-state index contributed by atoms with van der Waals surface area (Å²) in [6.07, 6.45) is 7.11. The van der Waals surface area contributed by atoms with E-state index in [1.165, 1.54) is 0 Å². The second-order valence-electron chi connectivity index (χ2n) is 4.58. The summed E-state index contributed by atoms with van der Waals surface area (Å²) in [6.45, 7) is 1.18. The first-order valence-corrected chi connectivity index (χ1v) is 7.83. The molecule has 1 saturated carbocycles. The van der Waals surface area contributed by atoms with Gasteiger partial charge in [-0.25, -0.2) is 8.42 Å². The standard InChI is InChI=1S/C12H19NO3S/c14-17(15,12-3-1-2-4-12)8-6-13-9-11-5-7-16-10-11/h5,7,10,12-13H,1-4,6,8-9H2. The molecule has 4 nitrogen and oxygen atoms in total. The summed E-state index contributed by atoms with van der Waals surface area (Å²) < 4.78 is 28.8. The Hall–Kier alpha value is -0.810. The molecule has 1 aromatic heterocycles. The van der Waals surface area contributed by atoms with Gasteiger partial charge in [-0.1, -0.05) is 12.8 Å². The van der Waals surface area contributed by atoms with E-state index >= 15 is 0 Å². The Labute approximate surface area is 102 Å². The molecule has 17 heavy (non-hydrogen) atoms. The lowest BCUT2D eigenvalue weighted by atomic mass is 10.3. The Morgan fingerprint density at radius 2 is 2.12 bits per heavy atom. The SMILES string of the molecule is O=S(=O)(CCNCc1ccoc1)C1CCCC1. The number of rotatable bonds is 6. The zero-order valence-electron chi connectivity index (χ0n) is 9.89. The molecule has 0 unspecified atom stereocenters. The van der Waals surface area contributed by atoms with Gasteiger partial charge in [-0.2, -0.15) is 0 Å². The topological polar surface area (TPSA) is 59.3 Å². The monoisotopic (exact) mass is 257 g/mol. The molecule has 1 N–H and O–H groups in total. The molecular weight excluding hydrogens is 238 g/mol. The Kier molecular flexibility index (Phi) is 4.23. The van der Waals surface area contributed by atoms with Gasteiger partial charge in [0.1, 0.15) is 0 Å². The molecule has 2 rings (SSSR count). The first-order chi connectivity index (χ1) is 8.18. The Morgan fingerprint density at radius 1 is 1.35 bits per heavy atom. The van der Waals surface area contributed by atoms with Gasteiger partial charge < -0.3 is 9.73 Å². The molecular formula is C12H19NO3S. The molecule has 96 valence electrons. The van der Waals surface area contributed by atoms with E-state index in [1.54, 1.807) is 12.5 Å². The lowest BCUT2D eigenvalue weighted by Crippen LogP contribution is -2.28. The number of hydrogen-bond acceptors (Lipinski definition) is 4. The molecule has 0 atom stereocenters. The quantitative estimate of drug-likeness (QED) is 0.788. The van der Waals surface area contributed by atoms with Crippen molar-refractivity contribution in [3.63, 3.8) is 0 Å². The van der Waals surface area contributed by atoms with Crippen LogP contribution in [0.3, 0.4) is 0 Å². The lowest BCUT2D eigenvalue weighted by molar-refractivity contribution is 0.560. The molecule has 1 heterocycles. The van der Waals surface area contributed by atoms with Gasteiger partial charge in [-0.3, -0.25) is 0 Å². The van der Waals surface area contributed by atoms with Crippen LogP contribution in [0, 0.1) is 0 Å². The highest BCUT2D eigenvalue weighted by Gasteiger charge is 2.27. The number of furan rings is 1. The normalized spacial score (nSPS) is 17.6. The summed E-state index contributed by atoms with van der Waals surface area (Å²) in [6, 6.07) is 1.87. The van der Waals surface area contributed by atoms with Crippen LogP contribution in [0.5, 0.6) is 0 Å². The minimum atomic E-state index is -2.89. The van der Waals surface area contributed by atoms with Crippen LogP contribution in [0.1, 0.15) is 31.2 Å². The average Bonchev–Trinajstić information content (AvgIpc) is 2.97. The van der Waals surface area contributed by atoms with E-state index in [4.69, 9.17) is 4.42 Å². The van der Waals surface area contributed by atoms with E-state index in [0.717, 1.165) is 31.2 Å². The van der Waals surface area contributed by atoms with Crippen LogP contribution in [0.4, 0.5) is 0 Å². The fourth-order valence-electron chi connectivity index (χ4n) is 2.25. The van der Waals surface area contributed by atoms with Crippen LogP contribution >= 0.6 is 0 Å². The Bertz CT molecular complexity index is 419. The first kappa shape index (κ1) is 12.6. The molecule has 1 aliphatic rings. The van der Waals surface area contributed by atoms with Crippen LogP contribution < -0.4 is 5.32 Å². The van der Waals surface area contributed by atoms with Crippen molar-refractivity contribution in [3.8, 4) is 0 Å². The summed E-state index contributed by atoms with van der Waals surface area (Å²) in [5.41, 5.74) is 1.04. The number of sulfone groups is 1. The van der Waals surface area contributed by atoms with Crippen molar-refractivity contribution in [2.24, 2.45) is 0 Å². The third-order valence-electron chi connectivity index (χ3n) is 3.28. The third kappa shape index (κ3) is 3.57. The smallest absolute Gasteiger partial charge is 0.154 e. The van der Waals surface area contributed by atoms with Crippen molar-refractivity contribution in [1.29, 1.82) is 0 Å². The maximum absolute atomic E-state index is 11.9. The predicted molar refractivity (Wildman–Crippen MR) is 66.5 cm³/mol. The van der Waals surface area contributed by atoms with Gasteiger partial charge in [0.05, 0.1) is 23.5 Å². The van der Waals surface area contributed by atoms with Crippen molar-refractivity contribution < 1.29 is 12.8 Å². The van der Waals surface area contributed by atoms with Gasteiger partial charge in [0.2, 0.25) is 0 Å². The van der Waals surface area contributed by atoms with Crippen molar-refractivity contribution >= 4 is 9.84 Å². The summed E-state index contributed by atoms with van der Waals surface area (Å²) in [5.74, 6) is 0.246. The van der Waals surface area contributed by atoms with Crippen molar-refractivity contribution in [2.45, 2.75) is 37.5 Å². The zero-order valence-corrected chi connectivity index (χ0v) is 10.7.